The maximum Gasteiger partial charge on any atom is 0.189 e. The first-order chi connectivity index (χ1) is 7.65. The molecule has 0 radical (unpaired) electrons. The van der Waals surface area contributed by atoms with Crippen LogP contribution in [-0.4, -0.2) is 32.1 Å². The number of nitrogens with one attached hydrogen (secondary N) is 1. The highest BCUT2D eigenvalue weighted by Crippen LogP contribution is 2.18. The number of nitrogens with two attached hydrogens (primary N) is 1. The quantitative estimate of drug-likeness (QED) is 0.828. The Kier molecular flexibility index (Phi) is 3.19. The predicted molar refractivity (Wildman–Crippen MR) is 68.1 cm³/mol. The molecule has 0 bridgehead atoms. The van der Waals surface area contributed by atoms with Crippen LogP contribution < -0.4 is 16.0 Å². The lowest BCUT2D eigenvalue weighted by atomic mass is 10.2. The molecular formula is C11H15ClN4. The average molecular weight is 239 g/mol. The molecule has 0 saturated heterocycles. The molecule has 0 aromatic heterocycles. The number of guanidine groups is 1. The number of nitrogens with zero attached hydrogens (tertiary/aromatic N) is 2. The van der Waals surface area contributed by atoms with Gasteiger partial charge in [0, 0.05) is 24.3 Å². The van der Waals surface area contributed by atoms with Gasteiger partial charge in [0.05, 0.1) is 12.6 Å². The zero-order valence-electron chi connectivity index (χ0n) is 9.15. The highest BCUT2D eigenvalue weighted by Gasteiger charge is 2.17. The minimum absolute atomic E-state index is 0.281. The molecule has 5 heteroatoms. The second-order valence-corrected chi connectivity index (χ2v) is 4.36. The number of likely N-dealkylation sites (N-methyl/N-ethyl adjacent to an activating group) is 1. The van der Waals surface area contributed by atoms with Crippen LogP contribution in [0.25, 0.3) is 0 Å². The SMILES string of the molecule is CN(CC1CN=C(N)N1)c1cccc(Cl)c1. The van der Waals surface area contributed by atoms with E-state index in [0.29, 0.717) is 5.96 Å². The van der Waals surface area contributed by atoms with Crippen molar-refractivity contribution in [1.82, 2.24) is 5.32 Å². The van der Waals surface area contributed by atoms with Crippen LogP contribution >= 0.6 is 11.6 Å². The predicted octanol–water partition coefficient (Wildman–Crippen LogP) is 1.06. The van der Waals surface area contributed by atoms with Crippen molar-refractivity contribution >= 4 is 23.2 Å². The van der Waals surface area contributed by atoms with Gasteiger partial charge in [-0.15, -0.1) is 0 Å². The van der Waals surface area contributed by atoms with E-state index < -0.39 is 0 Å². The third-order valence-electron chi connectivity index (χ3n) is 2.58. The summed E-state index contributed by atoms with van der Waals surface area (Å²) in [5.41, 5.74) is 6.66. The maximum absolute atomic E-state index is 5.94. The van der Waals surface area contributed by atoms with Gasteiger partial charge in [-0.05, 0) is 18.2 Å². The molecule has 3 N–H and O–H groups in total. The lowest BCUT2D eigenvalue weighted by Crippen LogP contribution is -2.42. The van der Waals surface area contributed by atoms with E-state index in [1.165, 1.54) is 0 Å². The van der Waals surface area contributed by atoms with Gasteiger partial charge in [-0.1, -0.05) is 17.7 Å². The Balaban J connectivity index is 1.96. The summed E-state index contributed by atoms with van der Waals surface area (Å²) in [5.74, 6) is 0.532. The van der Waals surface area contributed by atoms with Crippen LogP contribution in [0.5, 0.6) is 0 Å². The van der Waals surface area contributed by atoms with Gasteiger partial charge in [0.2, 0.25) is 0 Å². The number of aliphatic imine (C=N–C) groups is 1. The van der Waals surface area contributed by atoms with Gasteiger partial charge in [-0.25, -0.2) is 0 Å². The number of hydrogen-bond donors (Lipinski definition) is 2. The molecule has 4 nitrogen and oxygen atoms in total. The van der Waals surface area contributed by atoms with Gasteiger partial charge in [0.15, 0.2) is 5.96 Å². The highest BCUT2D eigenvalue weighted by molar-refractivity contribution is 6.30. The summed E-state index contributed by atoms with van der Waals surface area (Å²) < 4.78 is 0. The normalized spacial score (nSPS) is 19.1. The second-order valence-electron chi connectivity index (χ2n) is 3.93. The van der Waals surface area contributed by atoms with Gasteiger partial charge in [0.1, 0.15) is 0 Å². The summed E-state index contributed by atoms with van der Waals surface area (Å²) in [7, 11) is 2.03. The Morgan fingerprint density at radius 2 is 2.44 bits per heavy atom. The molecule has 2 rings (SSSR count). The second kappa shape index (κ2) is 4.61. The molecule has 0 aliphatic carbocycles. The van der Waals surface area contributed by atoms with E-state index >= 15 is 0 Å². The molecule has 86 valence electrons. The average Bonchev–Trinajstić information content (AvgIpc) is 2.64. The Morgan fingerprint density at radius 3 is 3.06 bits per heavy atom. The number of hydrogen-bond acceptors (Lipinski definition) is 4. The number of halogens is 1. The first-order valence-corrected chi connectivity index (χ1v) is 5.56. The lowest BCUT2D eigenvalue weighted by molar-refractivity contribution is 0.645. The van der Waals surface area contributed by atoms with E-state index in [0.717, 1.165) is 23.8 Å². The van der Waals surface area contributed by atoms with Crippen LogP contribution in [0.15, 0.2) is 29.3 Å². The molecule has 1 aliphatic rings. The van der Waals surface area contributed by atoms with Gasteiger partial charge in [0.25, 0.3) is 0 Å². The summed E-state index contributed by atoms with van der Waals surface area (Å²) in [4.78, 5) is 6.25. The van der Waals surface area contributed by atoms with E-state index in [1.807, 2.05) is 31.3 Å². The molecule has 1 unspecified atom stereocenters. The molecule has 1 aromatic rings. The zero-order valence-corrected chi connectivity index (χ0v) is 9.91. The minimum Gasteiger partial charge on any atom is -0.372 e. The fourth-order valence-corrected chi connectivity index (χ4v) is 1.95. The van der Waals surface area contributed by atoms with Gasteiger partial charge in [-0.3, -0.25) is 4.99 Å². The summed E-state index contributed by atoms with van der Waals surface area (Å²) in [6.45, 7) is 1.58. The number of rotatable bonds is 3. The number of benzene rings is 1. The summed E-state index contributed by atoms with van der Waals surface area (Å²) >= 11 is 5.94. The standard InChI is InChI=1S/C11H15ClN4/c1-16(7-9-6-14-11(13)15-9)10-4-2-3-8(12)5-10/h2-5,9H,6-7H2,1H3,(H3,13,14,15). The van der Waals surface area contributed by atoms with E-state index in [-0.39, 0.29) is 6.04 Å². The van der Waals surface area contributed by atoms with Crippen molar-refractivity contribution < 1.29 is 0 Å². The summed E-state index contributed by atoms with van der Waals surface area (Å²) in [6.07, 6.45) is 0. The number of anilines is 1. The highest BCUT2D eigenvalue weighted by atomic mass is 35.5. The van der Waals surface area contributed by atoms with Crippen molar-refractivity contribution in [3.8, 4) is 0 Å². The van der Waals surface area contributed by atoms with Crippen LogP contribution in [-0.2, 0) is 0 Å². The van der Waals surface area contributed by atoms with Crippen LogP contribution in [0.2, 0.25) is 5.02 Å². The van der Waals surface area contributed by atoms with Gasteiger partial charge in [-0.2, -0.15) is 0 Å². The van der Waals surface area contributed by atoms with E-state index in [2.05, 4.69) is 15.2 Å². The zero-order chi connectivity index (χ0) is 11.5. The van der Waals surface area contributed by atoms with Crippen LogP contribution in [0.4, 0.5) is 5.69 Å². The Hall–Kier alpha value is -1.42. The first kappa shape index (κ1) is 11.1. The van der Waals surface area contributed by atoms with Crippen molar-refractivity contribution in [2.24, 2.45) is 10.7 Å². The van der Waals surface area contributed by atoms with Crippen LogP contribution in [0.3, 0.4) is 0 Å². The Morgan fingerprint density at radius 1 is 1.62 bits per heavy atom. The van der Waals surface area contributed by atoms with E-state index in [9.17, 15) is 0 Å². The molecule has 1 aliphatic heterocycles. The lowest BCUT2D eigenvalue weighted by Gasteiger charge is -2.23. The van der Waals surface area contributed by atoms with Crippen LogP contribution in [0, 0.1) is 0 Å². The molecule has 1 atom stereocenters. The molecule has 0 spiro atoms. The smallest absolute Gasteiger partial charge is 0.189 e. The topological polar surface area (TPSA) is 53.6 Å². The molecular weight excluding hydrogens is 224 g/mol. The van der Waals surface area contributed by atoms with Gasteiger partial charge < -0.3 is 16.0 Å². The molecule has 1 aromatic carbocycles. The Labute approximate surface area is 100 Å². The minimum atomic E-state index is 0.281. The third-order valence-corrected chi connectivity index (χ3v) is 2.81. The Bertz CT molecular complexity index is 405. The first-order valence-electron chi connectivity index (χ1n) is 5.18. The molecule has 1 heterocycles. The monoisotopic (exact) mass is 238 g/mol. The molecule has 0 fully saturated rings. The van der Waals surface area contributed by atoms with Gasteiger partial charge >= 0.3 is 0 Å². The molecule has 0 amide bonds. The van der Waals surface area contributed by atoms with Crippen molar-refractivity contribution in [3.63, 3.8) is 0 Å². The van der Waals surface area contributed by atoms with Crippen LogP contribution in [0.1, 0.15) is 0 Å². The fourth-order valence-electron chi connectivity index (χ4n) is 1.76. The van der Waals surface area contributed by atoms with Crippen molar-refractivity contribution in [2.75, 3.05) is 25.0 Å². The van der Waals surface area contributed by atoms with Crippen molar-refractivity contribution in [3.05, 3.63) is 29.3 Å². The molecule has 16 heavy (non-hydrogen) atoms. The molecule has 0 saturated carbocycles. The van der Waals surface area contributed by atoms with Crippen molar-refractivity contribution in [1.29, 1.82) is 0 Å². The maximum atomic E-state index is 5.94. The van der Waals surface area contributed by atoms with Crippen molar-refractivity contribution in [2.45, 2.75) is 6.04 Å². The third kappa shape index (κ3) is 2.58. The largest absolute Gasteiger partial charge is 0.372 e. The van der Waals surface area contributed by atoms with E-state index in [4.69, 9.17) is 17.3 Å². The fraction of sp³-hybridized carbons (Fsp3) is 0.364. The summed E-state index contributed by atoms with van der Waals surface area (Å²) in [6, 6.07) is 8.07. The summed E-state index contributed by atoms with van der Waals surface area (Å²) in [5, 5.41) is 3.87. The van der Waals surface area contributed by atoms with E-state index in [1.54, 1.807) is 0 Å².